The van der Waals surface area contributed by atoms with Crippen LogP contribution in [0.15, 0.2) is 60.7 Å². The summed E-state index contributed by atoms with van der Waals surface area (Å²) in [5, 5.41) is 11.0. The molecule has 0 radical (unpaired) electrons. The number of rotatable bonds is 6. The number of piperidine rings is 2. The number of nitrogens with two attached hydrogens (primary N) is 1. The van der Waals surface area contributed by atoms with E-state index in [9.17, 15) is 10.1 Å². The highest BCUT2D eigenvalue weighted by Crippen LogP contribution is 2.44. The van der Waals surface area contributed by atoms with Crippen LogP contribution in [0, 0.1) is 29.1 Å². The van der Waals surface area contributed by atoms with Crippen molar-refractivity contribution in [1.82, 2.24) is 19.0 Å². The molecule has 2 bridgehead atoms. The molecule has 8 nitrogen and oxygen atoms in total. The second-order valence-electron chi connectivity index (χ2n) is 13.4. The summed E-state index contributed by atoms with van der Waals surface area (Å²) in [6, 6.07) is 22.9. The maximum absolute atomic E-state index is 13.9. The minimum atomic E-state index is 0.0293. The van der Waals surface area contributed by atoms with Crippen LogP contribution in [0.2, 0.25) is 0 Å². The van der Waals surface area contributed by atoms with Crippen molar-refractivity contribution in [2.45, 2.75) is 51.2 Å². The summed E-state index contributed by atoms with van der Waals surface area (Å²) in [6.07, 6.45) is 4.18. The Balaban J connectivity index is 1.28. The standard InChI is InChI=1S/C37H38N6O2/c1-21-13-26(21)20-43-32(15-22-8-6-10-29(34(22)43)28-9-5-4-7-23(28)18-38)36-40-31-14-25(16-33(45-3)35(31)41(36)2)37(44)42-19-24-11-12-27(42)17-30(24)39/h4-10,14-16,21,24,26-27,30H,11-13,17,19-20,39H2,1-3H3/t21?,24-,26?,27-,30+/m1/s1. The Hall–Kier alpha value is -4.61. The molecule has 2 aliphatic carbocycles. The summed E-state index contributed by atoms with van der Waals surface area (Å²) in [7, 11) is 3.68. The largest absolute Gasteiger partial charge is 0.494 e. The molecule has 5 atom stereocenters. The van der Waals surface area contributed by atoms with Gasteiger partial charge in [-0.25, -0.2) is 4.98 Å². The van der Waals surface area contributed by atoms with Crippen molar-refractivity contribution in [3.8, 4) is 34.5 Å². The molecule has 4 heterocycles. The predicted molar refractivity (Wildman–Crippen MR) is 176 cm³/mol. The van der Waals surface area contributed by atoms with Crippen molar-refractivity contribution in [1.29, 1.82) is 5.26 Å². The van der Waals surface area contributed by atoms with Crippen LogP contribution in [0.25, 0.3) is 44.6 Å². The van der Waals surface area contributed by atoms with Gasteiger partial charge in [0.2, 0.25) is 0 Å². The number of aryl methyl sites for hydroxylation is 1. The van der Waals surface area contributed by atoms with Crippen LogP contribution in [0.5, 0.6) is 5.75 Å². The minimum absolute atomic E-state index is 0.0293. The van der Waals surface area contributed by atoms with Crippen molar-refractivity contribution in [2.75, 3.05) is 13.7 Å². The number of nitrogens with zero attached hydrogens (tertiary/aromatic N) is 5. The molecule has 0 spiro atoms. The molecule has 3 aromatic carbocycles. The average molecular weight is 599 g/mol. The number of imidazole rings is 1. The number of para-hydroxylation sites is 1. The van der Waals surface area contributed by atoms with E-state index in [1.807, 2.05) is 48.3 Å². The van der Waals surface area contributed by atoms with Gasteiger partial charge in [-0.1, -0.05) is 43.3 Å². The number of aromatic nitrogens is 3. The molecule has 2 N–H and O–H groups in total. The number of hydrogen-bond donors (Lipinski definition) is 1. The fourth-order valence-corrected chi connectivity index (χ4v) is 8.01. The van der Waals surface area contributed by atoms with Crippen LogP contribution in [-0.2, 0) is 13.6 Å². The molecule has 9 rings (SSSR count). The minimum Gasteiger partial charge on any atom is -0.494 e. The molecule has 4 fully saturated rings. The summed E-state index contributed by atoms with van der Waals surface area (Å²) in [4.78, 5) is 21.1. The van der Waals surface area contributed by atoms with Gasteiger partial charge in [0, 0.05) is 54.3 Å². The lowest BCUT2D eigenvalue weighted by molar-refractivity contribution is 0.0261. The van der Waals surface area contributed by atoms with Gasteiger partial charge >= 0.3 is 0 Å². The number of amides is 1. The molecule has 4 aliphatic rings. The van der Waals surface area contributed by atoms with E-state index in [4.69, 9.17) is 15.5 Å². The number of hydrogen-bond acceptors (Lipinski definition) is 5. The first-order valence-corrected chi connectivity index (χ1v) is 16.1. The van der Waals surface area contributed by atoms with Gasteiger partial charge < -0.3 is 24.5 Å². The van der Waals surface area contributed by atoms with Gasteiger partial charge in [0.25, 0.3) is 5.91 Å². The van der Waals surface area contributed by atoms with Crippen LogP contribution in [0.4, 0.5) is 0 Å². The number of methoxy groups -OCH3 is 1. The Kier molecular flexibility index (Phi) is 6.51. The van der Waals surface area contributed by atoms with E-state index in [1.165, 1.54) is 6.42 Å². The van der Waals surface area contributed by atoms with E-state index in [0.717, 1.165) is 76.9 Å². The number of carbonyl (C=O) groups is 1. The van der Waals surface area contributed by atoms with Crippen molar-refractivity contribution >= 4 is 27.8 Å². The number of ether oxygens (including phenoxy) is 1. The van der Waals surface area contributed by atoms with E-state index in [0.29, 0.717) is 34.6 Å². The summed E-state index contributed by atoms with van der Waals surface area (Å²) in [5.41, 5.74) is 13.3. The molecule has 5 aromatic rings. The Morgan fingerprint density at radius 3 is 2.58 bits per heavy atom. The van der Waals surface area contributed by atoms with Crippen molar-refractivity contribution in [3.63, 3.8) is 0 Å². The SMILES string of the molecule is COc1cc(C(=O)N2C[C@H]3CC[C@@H]2C[C@@H]3N)cc2nc(-c3cc4cccc(-c5ccccc5C#N)c4n3CC3CC3C)n(C)c12. The lowest BCUT2D eigenvalue weighted by Gasteiger charge is -2.48. The van der Waals surface area contributed by atoms with Gasteiger partial charge in [0.1, 0.15) is 11.3 Å². The summed E-state index contributed by atoms with van der Waals surface area (Å²) < 4.78 is 10.4. The van der Waals surface area contributed by atoms with E-state index in [1.54, 1.807) is 7.11 Å². The second kappa shape index (κ2) is 10.5. The molecular weight excluding hydrogens is 560 g/mol. The van der Waals surface area contributed by atoms with Crippen molar-refractivity contribution < 1.29 is 9.53 Å². The third-order valence-corrected chi connectivity index (χ3v) is 10.7. The normalized spacial score (nSPS) is 23.9. The Morgan fingerprint density at radius 1 is 1.07 bits per heavy atom. The molecule has 2 saturated carbocycles. The second-order valence-corrected chi connectivity index (χ2v) is 13.4. The van der Waals surface area contributed by atoms with Crippen molar-refractivity contribution in [2.24, 2.45) is 30.5 Å². The van der Waals surface area contributed by atoms with Gasteiger partial charge in [-0.05, 0) is 67.7 Å². The molecule has 2 saturated heterocycles. The summed E-state index contributed by atoms with van der Waals surface area (Å²) in [6.45, 7) is 3.90. The molecule has 2 aliphatic heterocycles. The van der Waals surface area contributed by atoms with E-state index in [2.05, 4.69) is 46.4 Å². The first kappa shape index (κ1) is 27.9. The number of fused-ring (bicyclic) bond motifs is 5. The molecular formula is C37H38N6O2. The van der Waals surface area contributed by atoms with Crippen LogP contribution in [0.3, 0.4) is 0 Å². The van der Waals surface area contributed by atoms with Gasteiger partial charge in [-0.2, -0.15) is 5.26 Å². The Morgan fingerprint density at radius 2 is 1.87 bits per heavy atom. The van der Waals surface area contributed by atoms with E-state index < -0.39 is 0 Å². The molecule has 8 heteroatoms. The molecule has 2 unspecified atom stereocenters. The van der Waals surface area contributed by atoms with Crippen molar-refractivity contribution in [3.05, 3.63) is 71.8 Å². The maximum Gasteiger partial charge on any atom is 0.254 e. The highest BCUT2D eigenvalue weighted by molar-refractivity contribution is 6.02. The third kappa shape index (κ3) is 4.44. The average Bonchev–Trinajstić information content (AvgIpc) is 3.48. The monoisotopic (exact) mass is 598 g/mol. The third-order valence-electron chi connectivity index (χ3n) is 10.7. The highest BCUT2D eigenvalue weighted by atomic mass is 16.5. The van der Waals surface area contributed by atoms with E-state index >= 15 is 0 Å². The number of benzene rings is 3. The maximum atomic E-state index is 13.9. The molecule has 1 amide bonds. The number of nitriles is 1. The van der Waals surface area contributed by atoms with Gasteiger partial charge in [0.05, 0.1) is 35.5 Å². The Labute approximate surface area is 263 Å². The van der Waals surface area contributed by atoms with Crippen LogP contribution < -0.4 is 10.5 Å². The zero-order valence-electron chi connectivity index (χ0n) is 26.0. The molecule has 228 valence electrons. The van der Waals surface area contributed by atoms with Gasteiger partial charge in [0.15, 0.2) is 5.82 Å². The fraction of sp³-hybridized carbons (Fsp3) is 0.378. The lowest BCUT2D eigenvalue weighted by atomic mass is 9.76. The van der Waals surface area contributed by atoms with Crippen LogP contribution in [0.1, 0.15) is 48.5 Å². The fourth-order valence-electron chi connectivity index (χ4n) is 8.01. The summed E-state index contributed by atoms with van der Waals surface area (Å²) in [5.74, 6) is 3.11. The zero-order chi connectivity index (χ0) is 31.0. The van der Waals surface area contributed by atoms with Gasteiger partial charge in [-0.15, -0.1) is 0 Å². The highest BCUT2D eigenvalue weighted by Gasteiger charge is 2.41. The first-order chi connectivity index (χ1) is 21.9. The van der Waals surface area contributed by atoms with Crippen LogP contribution >= 0.6 is 0 Å². The molecule has 45 heavy (non-hydrogen) atoms. The quantitative estimate of drug-likeness (QED) is 0.245. The zero-order valence-corrected chi connectivity index (χ0v) is 26.0. The lowest BCUT2D eigenvalue weighted by Crippen LogP contribution is -2.58. The molecule has 2 aromatic heterocycles. The summed E-state index contributed by atoms with van der Waals surface area (Å²) >= 11 is 0. The Bertz CT molecular complexity index is 2030. The predicted octanol–water partition coefficient (Wildman–Crippen LogP) is 6.35. The van der Waals surface area contributed by atoms with E-state index in [-0.39, 0.29) is 18.0 Å². The van der Waals surface area contributed by atoms with Crippen LogP contribution in [-0.4, -0.2) is 50.7 Å². The van der Waals surface area contributed by atoms with Gasteiger partial charge in [-0.3, -0.25) is 4.79 Å². The first-order valence-electron chi connectivity index (χ1n) is 16.1. The number of carbonyl (C=O) groups excluding carboxylic acids is 1. The topological polar surface area (TPSA) is 102 Å². The smallest absolute Gasteiger partial charge is 0.254 e.